The lowest BCUT2D eigenvalue weighted by Gasteiger charge is -2.38. The molecule has 3 atom stereocenters. The summed E-state index contributed by atoms with van der Waals surface area (Å²) in [5, 5.41) is 3.27. The zero-order valence-corrected chi connectivity index (χ0v) is 18.2. The molecule has 0 bridgehead atoms. The Morgan fingerprint density at radius 1 is 0.909 bits per heavy atom. The predicted molar refractivity (Wildman–Crippen MR) is 121 cm³/mol. The quantitative estimate of drug-likeness (QED) is 0.438. The summed E-state index contributed by atoms with van der Waals surface area (Å²) in [6, 6.07) is 18.4. The van der Waals surface area contributed by atoms with Gasteiger partial charge in [-0.15, -0.1) is 0 Å². The Balaban J connectivity index is 1.52. The minimum atomic E-state index is -4.46. The van der Waals surface area contributed by atoms with Gasteiger partial charge in [-0.1, -0.05) is 48.6 Å². The number of anilines is 2. The van der Waals surface area contributed by atoms with Crippen LogP contribution in [0.25, 0.3) is 0 Å². The molecule has 2 aliphatic rings. The van der Waals surface area contributed by atoms with Crippen LogP contribution >= 0.6 is 0 Å². The molecule has 170 valence electrons. The molecule has 0 saturated heterocycles. The highest BCUT2D eigenvalue weighted by molar-refractivity contribution is 7.92. The minimum absolute atomic E-state index is 0.111. The van der Waals surface area contributed by atoms with Crippen LogP contribution in [0.1, 0.15) is 35.1 Å². The van der Waals surface area contributed by atoms with E-state index in [4.69, 9.17) is 0 Å². The SMILES string of the molecule is O=S(=O)(Nc1ccccc1)c1ccc2c(c1)[C@H]1C=CC[C@H]1[C@@H](c1ccccc1C(F)(F)F)N2. The van der Waals surface area contributed by atoms with Crippen LogP contribution in [0, 0.1) is 5.92 Å². The van der Waals surface area contributed by atoms with E-state index in [-0.39, 0.29) is 22.3 Å². The molecule has 0 saturated carbocycles. The highest BCUT2D eigenvalue weighted by Crippen LogP contribution is 2.51. The van der Waals surface area contributed by atoms with E-state index < -0.39 is 27.8 Å². The topological polar surface area (TPSA) is 58.2 Å². The van der Waals surface area contributed by atoms with Crippen LogP contribution in [0.4, 0.5) is 24.5 Å². The van der Waals surface area contributed by atoms with E-state index in [9.17, 15) is 21.6 Å². The summed E-state index contributed by atoms with van der Waals surface area (Å²) < 4.78 is 69.5. The molecule has 0 fully saturated rings. The predicted octanol–water partition coefficient (Wildman–Crippen LogP) is 6.33. The van der Waals surface area contributed by atoms with Crippen LogP contribution in [0.5, 0.6) is 0 Å². The van der Waals surface area contributed by atoms with Gasteiger partial charge in [0, 0.05) is 17.3 Å². The summed E-state index contributed by atoms with van der Waals surface area (Å²) in [7, 11) is -3.82. The molecule has 5 rings (SSSR count). The van der Waals surface area contributed by atoms with Crippen molar-refractivity contribution < 1.29 is 21.6 Å². The molecule has 0 spiro atoms. The molecule has 3 aromatic rings. The van der Waals surface area contributed by atoms with E-state index in [1.54, 1.807) is 48.5 Å². The number of allylic oxidation sites excluding steroid dienone is 2. The Morgan fingerprint density at radius 2 is 1.64 bits per heavy atom. The zero-order chi connectivity index (χ0) is 23.2. The second kappa shape index (κ2) is 7.95. The molecular formula is C25H21F3N2O2S. The first-order chi connectivity index (χ1) is 15.7. The summed E-state index contributed by atoms with van der Waals surface area (Å²) in [6.07, 6.45) is 0.0710. The maximum absolute atomic E-state index is 13.7. The third kappa shape index (κ3) is 3.99. The second-order valence-electron chi connectivity index (χ2n) is 8.28. The van der Waals surface area contributed by atoms with Crippen molar-refractivity contribution in [3.8, 4) is 0 Å². The lowest BCUT2D eigenvalue weighted by atomic mass is 9.76. The normalized spacial score (nSPS) is 21.7. The van der Waals surface area contributed by atoms with Crippen molar-refractivity contribution in [2.75, 3.05) is 10.0 Å². The van der Waals surface area contributed by atoms with Gasteiger partial charge in [-0.2, -0.15) is 13.2 Å². The Kier molecular flexibility index (Phi) is 5.20. The summed E-state index contributed by atoms with van der Waals surface area (Å²) in [5.41, 5.74) is 1.42. The summed E-state index contributed by atoms with van der Waals surface area (Å²) in [4.78, 5) is 0.111. The molecule has 3 aromatic carbocycles. The summed E-state index contributed by atoms with van der Waals surface area (Å²) in [6.45, 7) is 0. The number of benzene rings is 3. The van der Waals surface area contributed by atoms with Gasteiger partial charge >= 0.3 is 6.18 Å². The number of hydrogen-bond acceptors (Lipinski definition) is 3. The maximum Gasteiger partial charge on any atom is 0.416 e. The van der Waals surface area contributed by atoms with Crippen LogP contribution in [0.2, 0.25) is 0 Å². The van der Waals surface area contributed by atoms with Crippen molar-refractivity contribution in [3.63, 3.8) is 0 Å². The Hall–Kier alpha value is -3.26. The largest absolute Gasteiger partial charge is 0.416 e. The van der Waals surface area contributed by atoms with Gasteiger partial charge in [-0.25, -0.2) is 8.42 Å². The van der Waals surface area contributed by atoms with Gasteiger partial charge in [-0.05, 0) is 59.9 Å². The van der Waals surface area contributed by atoms with E-state index in [1.165, 1.54) is 18.2 Å². The standard InChI is InChI=1S/C25H21F3N2O2S/c26-25(27,28)22-12-5-4-9-20(22)24-19-11-6-10-18(19)21-15-17(13-14-23(21)29-24)33(31,32)30-16-7-2-1-3-8-16/h1-10,12-15,18-19,24,29-30H,11H2/t18-,19+,24-/m0/s1. The fourth-order valence-corrected chi connectivity index (χ4v) is 5.89. The molecular weight excluding hydrogens is 449 g/mol. The van der Waals surface area contributed by atoms with Crippen molar-refractivity contribution in [2.45, 2.75) is 29.5 Å². The van der Waals surface area contributed by atoms with Gasteiger partial charge in [0.2, 0.25) is 0 Å². The molecule has 33 heavy (non-hydrogen) atoms. The number of rotatable bonds is 4. The van der Waals surface area contributed by atoms with Crippen molar-refractivity contribution in [2.24, 2.45) is 5.92 Å². The van der Waals surface area contributed by atoms with Crippen molar-refractivity contribution >= 4 is 21.4 Å². The highest BCUT2D eigenvalue weighted by Gasteiger charge is 2.42. The molecule has 0 radical (unpaired) electrons. The number of alkyl halides is 3. The van der Waals surface area contributed by atoms with Gasteiger partial charge in [0.05, 0.1) is 16.5 Å². The monoisotopic (exact) mass is 470 g/mol. The molecule has 2 N–H and O–H groups in total. The Labute approximate surface area is 190 Å². The third-order valence-electron chi connectivity index (χ3n) is 6.27. The van der Waals surface area contributed by atoms with E-state index in [2.05, 4.69) is 10.0 Å². The molecule has 1 aliphatic heterocycles. The van der Waals surface area contributed by atoms with Crippen LogP contribution in [-0.2, 0) is 16.2 Å². The molecule has 0 amide bonds. The van der Waals surface area contributed by atoms with Gasteiger partial charge in [0.25, 0.3) is 10.0 Å². The van der Waals surface area contributed by atoms with Crippen LogP contribution in [-0.4, -0.2) is 8.42 Å². The van der Waals surface area contributed by atoms with E-state index in [1.807, 2.05) is 12.2 Å². The number of fused-ring (bicyclic) bond motifs is 3. The third-order valence-corrected chi connectivity index (χ3v) is 7.65. The van der Waals surface area contributed by atoms with Crippen LogP contribution in [0.15, 0.2) is 89.8 Å². The number of para-hydroxylation sites is 1. The molecule has 4 nitrogen and oxygen atoms in total. The first kappa shape index (κ1) is 21.6. The van der Waals surface area contributed by atoms with Crippen molar-refractivity contribution in [1.82, 2.24) is 0 Å². The summed E-state index contributed by atoms with van der Waals surface area (Å²) in [5.74, 6) is -0.333. The van der Waals surface area contributed by atoms with Crippen LogP contribution < -0.4 is 10.0 Å². The van der Waals surface area contributed by atoms with Gasteiger partial charge < -0.3 is 5.32 Å². The van der Waals surface area contributed by atoms with Crippen molar-refractivity contribution in [1.29, 1.82) is 0 Å². The lowest BCUT2D eigenvalue weighted by Crippen LogP contribution is -2.31. The van der Waals surface area contributed by atoms with E-state index in [0.717, 1.165) is 11.6 Å². The molecule has 0 aromatic heterocycles. The van der Waals surface area contributed by atoms with Gasteiger partial charge in [0.1, 0.15) is 0 Å². The van der Waals surface area contributed by atoms with E-state index >= 15 is 0 Å². The fraction of sp³-hybridized carbons (Fsp3) is 0.200. The highest BCUT2D eigenvalue weighted by atomic mass is 32.2. The molecule has 8 heteroatoms. The lowest BCUT2D eigenvalue weighted by molar-refractivity contribution is -0.138. The minimum Gasteiger partial charge on any atom is -0.378 e. The molecule has 1 aliphatic carbocycles. The average molecular weight is 471 g/mol. The maximum atomic E-state index is 13.7. The van der Waals surface area contributed by atoms with Crippen molar-refractivity contribution in [3.05, 3.63) is 102 Å². The first-order valence-electron chi connectivity index (χ1n) is 10.6. The second-order valence-corrected chi connectivity index (χ2v) is 9.96. The Morgan fingerprint density at radius 3 is 2.39 bits per heavy atom. The average Bonchev–Trinajstić information content (AvgIpc) is 3.28. The first-order valence-corrected chi connectivity index (χ1v) is 12.0. The number of sulfonamides is 1. The Bertz CT molecular complexity index is 1320. The molecule has 1 heterocycles. The number of halogens is 3. The number of nitrogens with one attached hydrogen (secondary N) is 2. The summed E-state index contributed by atoms with van der Waals surface area (Å²) >= 11 is 0. The van der Waals surface area contributed by atoms with Gasteiger partial charge in [0.15, 0.2) is 0 Å². The zero-order valence-electron chi connectivity index (χ0n) is 17.4. The number of hydrogen-bond donors (Lipinski definition) is 2. The van der Waals surface area contributed by atoms with E-state index in [0.29, 0.717) is 17.8 Å². The molecule has 0 unspecified atom stereocenters. The van der Waals surface area contributed by atoms with Gasteiger partial charge in [-0.3, -0.25) is 4.72 Å². The smallest absolute Gasteiger partial charge is 0.378 e. The fourth-order valence-electron chi connectivity index (χ4n) is 4.79. The van der Waals surface area contributed by atoms with Crippen LogP contribution in [0.3, 0.4) is 0 Å².